The maximum absolute atomic E-state index is 12.3. The number of pyridine rings is 1. The first-order valence-corrected chi connectivity index (χ1v) is 50.4. The van der Waals surface area contributed by atoms with E-state index in [1.165, 1.54) is 168 Å². The number of ether oxygens (including phenoxy) is 1. The number of halogens is 1. The number of carboxylic acids is 1. The minimum absolute atomic E-state index is 0. The smallest absolute Gasteiger partial charge is 0.303 e. The topological polar surface area (TPSA) is 248 Å². The summed E-state index contributed by atoms with van der Waals surface area (Å²) in [6.07, 6.45) is 47.8. The number of nitrogens with two attached hydrogens (primary N) is 1. The number of aliphatic carboxylic acids is 1. The van der Waals surface area contributed by atoms with Crippen LogP contribution in [0.25, 0.3) is 0 Å². The molecule has 4 fully saturated rings. The maximum Gasteiger partial charge on any atom is 0.303 e. The minimum Gasteiger partial charge on any atom is -1.00 e. The summed E-state index contributed by atoms with van der Waals surface area (Å²) in [5.41, 5.74) is 7.85. The maximum atomic E-state index is 12.3. The molecule has 1 aromatic heterocycles. The van der Waals surface area contributed by atoms with Crippen LogP contribution >= 0.6 is 30.8 Å². The Morgan fingerprint density at radius 2 is 1.23 bits per heavy atom. The molecule has 716 valence electrons. The van der Waals surface area contributed by atoms with Crippen molar-refractivity contribution in [3.63, 3.8) is 0 Å². The number of carbonyl (C=O) groups excluding carboxylic acids is 7. The van der Waals surface area contributed by atoms with Gasteiger partial charge >= 0.3 is 5.97 Å². The van der Waals surface area contributed by atoms with Gasteiger partial charge in [-0.15, -0.1) is 9.24 Å². The minimum atomic E-state index is -0.711. The van der Waals surface area contributed by atoms with Gasteiger partial charge in [0, 0.05) is 141 Å². The van der Waals surface area contributed by atoms with Crippen molar-refractivity contribution in [2.75, 3.05) is 85.4 Å². The Balaban J connectivity index is -0.000000267. The van der Waals surface area contributed by atoms with Gasteiger partial charge in [-0.3, -0.25) is 43.4 Å². The van der Waals surface area contributed by atoms with Crippen molar-refractivity contribution in [1.29, 1.82) is 0 Å². The molecule has 3 heterocycles. The molecular formula is C99H185BBrN8O10PS2Y2-2. The van der Waals surface area contributed by atoms with Crippen LogP contribution in [0.5, 0.6) is 0 Å². The Bertz CT molecular complexity index is 2900. The summed E-state index contributed by atoms with van der Waals surface area (Å²) >= 11 is 0. The number of nitrogens with one attached hydrogen (secondary N) is 3. The van der Waals surface area contributed by atoms with Gasteiger partial charge in [-0.25, -0.2) is 4.98 Å². The molecule has 0 spiro atoms. The van der Waals surface area contributed by atoms with Crippen LogP contribution < -0.4 is 38.7 Å². The van der Waals surface area contributed by atoms with Crippen molar-refractivity contribution in [2.45, 2.75) is 349 Å². The monoisotopic (exact) mass is 2010 g/mol. The molecule has 8 rings (SSSR count). The Hall–Kier alpha value is -1.71. The average Bonchev–Trinajstić information content (AvgIpc) is 1.45. The number of quaternary nitrogens is 1. The van der Waals surface area contributed by atoms with Gasteiger partial charge in [0.05, 0.1) is 41.6 Å². The molecule has 10 unspecified atom stereocenters. The van der Waals surface area contributed by atoms with Gasteiger partial charge in [0.15, 0.2) is 0 Å². The summed E-state index contributed by atoms with van der Waals surface area (Å²) < 4.78 is 7.28. The van der Waals surface area contributed by atoms with Gasteiger partial charge in [0.1, 0.15) is 11.6 Å². The van der Waals surface area contributed by atoms with Crippen molar-refractivity contribution < 1.29 is 135 Å². The van der Waals surface area contributed by atoms with Crippen LogP contribution in [-0.4, -0.2) is 172 Å². The standard InChI is InChI=1S/C34H59NO2.C12H17NO2.C10H15NO2.C9H22N.C8H11NS2.C7H15NO.C6H12NO.C5H13N.C4H8O2.C2H6.CH4BP.CH3.BrH.2Y/c1-8-24(4)21-35-32(36)22-37-27-16-18-33(6)26(20-27)12-13-28-30-15-14-29(25(5)11-9-10-23(2)3)34(30,7)19-17-31(28)33;1-9-2-4-10(5-3-9)8-13-11(14)6-7-12(13)15;1-2-3-4-5-8-11-9(12)6-7-10(11)13;1-5-6-7-8-9-10(2,3)4;1-2-7-10-11-8-5-3-4-6-9-8;1-4-6(2)5-8-7(3)9;1-3-6(2)4-7-5-8;1-3-5(2)4-6;1-2-3-4(5)6;1-2;2-1-3;;;;/h12,23-25,27-31H,8-11,13-22H2,1-7H3,(H,35,36);6-7,9-10H,2-5,8H2,1H3;6-7H,2-5,8H2,1H3;5-9H2,1-4H3;3-6H,2,7H2,1H3;6H,4-5H2,1-3H3,(H,8,9);6H,3-4H2,1-2H3,(H,7,8);5H,3-4,6H2,1-2H3;2-3H2,1H3,(H,5,6);1-2H3;1,3H2;1H3;1H;;/q;;;+1;;;-1;;;;;-1;;;/p-1/t24?,25?,27-,28?,29?,30?,31?,33-,34+;;;;;;;;;;;;;;/m0............../s1. The number of unbranched alkanes of at least 4 members (excludes halogenated alkanes) is 6. The molecule has 0 bridgehead atoms. The number of hydrogen-bond donors (Lipinski definition) is 5. The molecule has 0 aromatic carbocycles. The third-order valence-electron chi connectivity index (χ3n) is 24.6. The molecule has 25 heteroatoms. The first-order chi connectivity index (χ1) is 57.0. The SMILES string of the molecule is CC.CC1CCC(CN2C(=O)C=CC2=O)CC1.CCC(C)CN.CCC(C)CNC(=O)CO[C@H]1CC[C@@]2(C)C(=CCC3C4CCC(C(C)CCCC(C)C)[C@@]4(C)CCC32)C1.CCC(C)CNC(C)=O.CCC(C)CN[C-]=O.CCCC(=O)O.CCCCCCN1C(=O)C=CC1=O.CCCCCC[N+](C)(C)C.CCCSSc1ccccn1.[B]CP.[Br-].[CH3-].[Y].[Y]. The molecule has 4 saturated carbocycles. The molecule has 4 radical (unpaired) electrons. The number of imide groups is 2. The van der Waals surface area contributed by atoms with Gasteiger partial charge in [-0.1, -0.05) is 263 Å². The predicted molar refractivity (Wildman–Crippen MR) is 523 cm³/mol. The number of amides is 7. The Morgan fingerprint density at radius 3 is 1.68 bits per heavy atom. The molecule has 124 heavy (non-hydrogen) atoms. The fourth-order valence-corrected chi connectivity index (χ4v) is 18.0. The molecule has 7 amide bonds. The number of hydrogen-bond acceptors (Lipinski definition) is 13. The number of fused-ring (bicyclic) bond motifs is 5. The zero-order valence-electron chi connectivity index (χ0n) is 83.5. The van der Waals surface area contributed by atoms with E-state index in [0.717, 1.165) is 141 Å². The quantitative estimate of drug-likeness (QED) is 0.00476. The Morgan fingerprint density at radius 1 is 0.694 bits per heavy atom. The average molecular weight is 2010 g/mol. The van der Waals surface area contributed by atoms with Crippen LogP contribution in [0.1, 0.15) is 338 Å². The molecule has 7 aliphatic rings. The van der Waals surface area contributed by atoms with E-state index in [9.17, 15) is 38.4 Å². The van der Waals surface area contributed by atoms with Crippen LogP contribution in [-0.2, 0) is 109 Å². The number of aromatic nitrogens is 1. The molecule has 1 aromatic rings. The van der Waals surface area contributed by atoms with Crippen LogP contribution in [0, 0.1) is 89.3 Å². The third-order valence-corrected chi connectivity index (χ3v) is 27.1. The van der Waals surface area contributed by atoms with E-state index in [1.807, 2.05) is 56.0 Å². The van der Waals surface area contributed by atoms with Gasteiger partial charge in [0.25, 0.3) is 23.6 Å². The van der Waals surface area contributed by atoms with Crippen LogP contribution in [0.15, 0.2) is 65.4 Å². The van der Waals surface area contributed by atoms with E-state index in [1.54, 1.807) is 29.7 Å². The van der Waals surface area contributed by atoms with Crippen molar-refractivity contribution >= 4 is 86.5 Å². The fraction of sp³-hybridized carbons (Fsp3) is 0.798. The Kier molecular flexibility index (Phi) is 90.8. The number of carbonyl (C=O) groups is 7. The van der Waals surface area contributed by atoms with Gasteiger partial charge in [-0.2, -0.15) is 6.41 Å². The van der Waals surface area contributed by atoms with Gasteiger partial charge in [-0.05, 0) is 214 Å². The van der Waals surface area contributed by atoms with E-state index in [4.69, 9.17) is 23.4 Å². The second-order valence-electron chi connectivity index (χ2n) is 36.5. The second kappa shape index (κ2) is 83.1. The zero-order valence-corrected chi connectivity index (χ0v) is 93.5. The van der Waals surface area contributed by atoms with Crippen molar-refractivity contribution in [3.8, 4) is 0 Å². The molecular weight excluding hydrogens is 1820 g/mol. The summed E-state index contributed by atoms with van der Waals surface area (Å²) in [6, 6.07) is 6.66. The van der Waals surface area contributed by atoms with E-state index in [-0.39, 0.29) is 138 Å². The number of nitrogens with zero attached hydrogens (tertiary/aromatic N) is 4. The summed E-state index contributed by atoms with van der Waals surface area (Å²) in [5, 5.41) is 17.3. The second-order valence-corrected chi connectivity index (χ2v) is 39.4. The first-order valence-electron chi connectivity index (χ1n) is 47.3. The summed E-state index contributed by atoms with van der Waals surface area (Å²) in [5.74, 6) is 9.04. The summed E-state index contributed by atoms with van der Waals surface area (Å²) in [6.45, 7) is 51.8. The molecule has 13 atom stereocenters. The van der Waals surface area contributed by atoms with Crippen LogP contribution in [0.3, 0.4) is 0 Å². The number of carboxylic acid groups (broad SMARTS) is 1. The van der Waals surface area contributed by atoms with E-state index < -0.39 is 5.97 Å². The van der Waals surface area contributed by atoms with E-state index >= 15 is 0 Å². The fourth-order valence-electron chi connectivity index (χ4n) is 16.0. The van der Waals surface area contributed by atoms with Gasteiger partial charge < -0.3 is 65.2 Å². The summed E-state index contributed by atoms with van der Waals surface area (Å²) in [7, 11) is 17.5. The zero-order chi connectivity index (χ0) is 91.7. The largest absolute Gasteiger partial charge is 1.00 e. The number of allylic oxidation sites excluding steroid dienone is 1. The molecule has 5 aliphatic carbocycles. The predicted octanol–water partition coefficient (Wildman–Crippen LogP) is 19.5. The first kappa shape index (κ1) is 135. The van der Waals surface area contributed by atoms with E-state index in [0.29, 0.717) is 66.0 Å². The summed E-state index contributed by atoms with van der Waals surface area (Å²) in [4.78, 5) is 93.5. The van der Waals surface area contributed by atoms with Crippen molar-refractivity contribution in [3.05, 3.63) is 67.8 Å². The molecule has 2 aliphatic heterocycles. The normalized spacial score (nSPS) is 21.9. The molecule has 6 N–H and O–H groups in total. The van der Waals surface area contributed by atoms with Crippen molar-refractivity contribution in [2.24, 2.45) is 87.6 Å². The van der Waals surface area contributed by atoms with Crippen molar-refractivity contribution in [1.82, 2.24) is 30.7 Å². The molecule has 0 saturated heterocycles. The van der Waals surface area contributed by atoms with E-state index in [2.05, 4.69) is 175 Å². The van der Waals surface area contributed by atoms with Crippen LogP contribution in [0.2, 0.25) is 0 Å². The van der Waals surface area contributed by atoms with Crippen LogP contribution in [0.4, 0.5) is 0 Å². The third kappa shape index (κ3) is 63.4. The Labute approximate surface area is 834 Å². The molecule has 18 nitrogen and oxygen atoms in total. The number of rotatable bonds is 38. The van der Waals surface area contributed by atoms with Gasteiger partial charge in [0.2, 0.25) is 11.8 Å².